The molecule has 0 heterocycles. The van der Waals surface area contributed by atoms with Crippen LogP contribution < -0.4 is 16.4 Å². The first kappa shape index (κ1) is 28.4. The summed E-state index contributed by atoms with van der Waals surface area (Å²) in [5.41, 5.74) is 4.92. The van der Waals surface area contributed by atoms with Crippen molar-refractivity contribution in [3.8, 4) is 0 Å². The standard InChI is InChI=1S/C25H41N3O3/c1-2-3-4-5-6-7-8-9-10-11-12-13-14-15-16-17-18-19-22-31-23-24(29)27-20-21-28-25(26)30/h3-4,6-7,9-10,12-13,15-16H,2,5,8,11,14,17-23H2,1H3,(H,27,29)(H3,26,28,30)/b4-3-,7-6-,10-9-,13-12-,16-15-. The van der Waals surface area contributed by atoms with Gasteiger partial charge >= 0.3 is 6.03 Å². The van der Waals surface area contributed by atoms with Crippen molar-refractivity contribution in [1.29, 1.82) is 0 Å². The van der Waals surface area contributed by atoms with Crippen LogP contribution >= 0.6 is 0 Å². The Balaban J connectivity index is 3.43. The van der Waals surface area contributed by atoms with Gasteiger partial charge in [-0.1, -0.05) is 67.7 Å². The van der Waals surface area contributed by atoms with Crippen molar-refractivity contribution in [1.82, 2.24) is 10.6 Å². The minimum absolute atomic E-state index is 0.0399. The SMILES string of the molecule is CC/C=C\C/C=C\C/C=C\C/C=C\C/C=C\CCCCOCC(=O)NCCNC(N)=O. The summed E-state index contributed by atoms with van der Waals surface area (Å²) < 4.78 is 5.33. The molecule has 0 aromatic rings. The van der Waals surface area contributed by atoms with Crippen LogP contribution in [0.4, 0.5) is 4.79 Å². The average molecular weight is 432 g/mol. The molecule has 4 N–H and O–H groups in total. The van der Waals surface area contributed by atoms with E-state index in [4.69, 9.17) is 10.5 Å². The lowest BCUT2D eigenvalue weighted by Gasteiger charge is -2.06. The van der Waals surface area contributed by atoms with E-state index in [1.807, 2.05) is 0 Å². The highest BCUT2D eigenvalue weighted by atomic mass is 16.5. The molecule has 6 heteroatoms. The molecular formula is C25H41N3O3. The summed E-state index contributed by atoms with van der Waals surface area (Å²) in [6.07, 6.45) is 30.0. The van der Waals surface area contributed by atoms with Gasteiger partial charge in [-0.2, -0.15) is 0 Å². The fraction of sp³-hybridized carbons (Fsp3) is 0.520. The summed E-state index contributed by atoms with van der Waals surface area (Å²) in [5, 5.41) is 5.03. The number of nitrogens with one attached hydrogen (secondary N) is 2. The number of unbranched alkanes of at least 4 members (excludes halogenated alkanes) is 2. The van der Waals surface area contributed by atoms with Gasteiger partial charge in [-0.05, 0) is 51.4 Å². The van der Waals surface area contributed by atoms with Gasteiger partial charge in [0.2, 0.25) is 5.91 Å². The molecular weight excluding hydrogens is 390 g/mol. The maximum atomic E-state index is 11.5. The number of allylic oxidation sites excluding steroid dienone is 10. The van der Waals surface area contributed by atoms with Gasteiger partial charge in [0.05, 0.1) is 0 Å². The normalized spacial score (nSPS) is 12.2. The molecule has 0 unspecified atom stereocenters. The van der Waals surface area contributed by atoms with E-state index in [1.54, 1.807) is 0 Å². The molecule has 0 aliphatic rings. The molecule has 0 saturated carbocycles. The summed E-state index contributed by atoms with van der Waals surface area (Å²) in [7, 11) is 0. The Hall–Kier alpha value is -2.60. The highest BCUT2D eigenvalue weighted by Gasteiger charge is 2.00. The molecule has 0 aromatic heterocycles. The van der Waals surface area contributed by atoms with Gasteiger partial charge in [0, 0.05) is 19.7 Å². The molecule has 0 radical (unpaired) electrons. The van der Waals surface area contributed by atoms with E-state index in [2.05, 4.69) is 78.3 Å². The Morgan fingerprint density at radius 3 is 1.81 bits per heavy atom. The van der Waals surface area contributed by atoms with E-state index in [0.29, 0.717) is 19.7 Å². The maximum absolute atomic E-state index is 11.5. The van der Waals surface area contributed by atoms with Crippen LogP contribution in [0, 0.1) is 0 Å². The molecule has 174 valence electrons. The van der Waals surface area contributed by atoms with Crippen LogP contribution in [-0.4, -0.2) is 38.2 Å². The van der Waals surface area contributed by atoms with Crippen molar-refractivity contribution in [2.75, 3.05) is 26.3 Å². The molecule has 6 nitrogen and oxygen atoms in total. The van der Waals surface area contributed by atoms with Crippen molar-refractivity contribution in [2.45, 2.75) is 58.3 Å². The minimum atomic E-state index is -0.599. The molecule has 0 aliphatic heterocycles. The Kier molecular flexibility index (Phi) is 21.7. The number of carbonyl (C=O) groups is 2. The molecule has 0 rings (SSSR count). The molecule has 0 aliphatic carbocycles. The van der Waals surface area contributed by atoms with Crippen molar-refractivity contribution in [2.24, 2.45) is 5.73 Å². The van der Waals surface area contributed by atoms with Crippen LogP contribution in [0.5, 0.6) is 0 Å². The Morgan fingerprint density at radius 1 is 0.742 bits per heavy atom. The highest BCUT2D eigenvalue weighted by Crippen LogP contribution is 1.99. The van der Waals surface area contributed by atoms with Gasteiger partial charge in [0.1, 0.15) is 6.61 Å². The number of urea groups is 1. The molecule has 0 bridgehead atoms. The van der Waals surface area contributed by atoms with Gasteiger partial charge in [0.25, 0.3) is 0 Å². The van der Waals surface area contributed by atoms with Crippen LogP contribution in [0.2, 0.25) is 0 Å². The lowest BCUT2D eigenvalue weighted by atomic mass is 10.2. The number of carbonyl (C=O) groups excluding carboxylic acids is 2. The second kappa shape index (κ2) is 23.7. The minimum Gasteiger partial charge on any atom is -0.372 e. The van der Waals surface area contributed by atoms with Crippen molar-refractivity contribution >= 4 is 11.9 Å². The van der Waals surface area contributed by atoms with Crippen LogP contribution in [0.1, 0.15) is 58.3 Å². The lowest BCUT2D eigenvalue weighted by Crippen LogP contribution is -2.38. The van der Waals surface area contributed by atoms with Crippen LogP contribution in [0.3, 0.4) is 0 Å². The molecule has 3 amide bonds. The van der Waals surface area contributed by atoms with Gasteiger partial charge in [0.15, 0.2) is 0 Å². The number of hydrogen-bond acceptors (Lipinski definition) is 3. The smallest absolute Gasteiger partial charge is 0.312 e. The number of ether oxygens (including phenoxy) is 1. The van der Waals surface area contributed by atoms with Gasteiger partial charge in [-0.25, -0.2) is 4.79 Å². The Labute approximate surface area is 188 Å². The summed E-state index contributed by atoms with van der Waals surface area (Å²) >= 11 is 0. The zero-order valence-electron chi connectivity index (χ0n) is 19.1. The third kappa shape index (κ3) is 25.4. The summed E-state index contributed by atoms with van der Waals surface area (Å²) in [5.74, 6) is -0.191. The highest BCUT2D eigenvalue weighted by molar-refractivity contribution is 5.77. The van der Waals surface area contributed by atoms with Crippen LogP contribution in [0.25, 0.3) is 0 Å². The first-order valence-corrected chi connectivity index (χ1v) is 11.3. The van der Waals surface area contributed by atoms with E-state index >= 15 is 0 Å². The van der Waals surface area contributed by atoms with Gasteiger partial charge in [-0.3, -0.25) is 4.79 Å². The lowest BCUT2D eigenvalue weighted by molar-refractivity contribution is -0.125. The molecule has 0 spiro atoms. The molecule has 0 atom stereocenters. The van der Waals surface area contributed by atoms with Crippen molar-refractivity contribution < 1.29 is 14.3 Å². The fourth-order valence-corrected chi connectivity index (χ4v) is 2.44. The topological polar surface area (TPSA) is 93.4 Å². The fourth-order valence-electron chi connectivity index (χ4n) is 2.44. The van der Waals surface area contributed by atoms with E-state index in [9.17, 15) is 9.59 Å². The monoisotopic (exact) mass is 431 g/mol. The molecule has 0 aromatic carbocycles. The average Bonchev–Trinajstić information content (AvgIpc) is 2.75. The van der Waals surface area contributed by atoms with Gasteiger partial charge in [-0.15, -0.1) is 0 Å². The van der Waals surface area contributed by atoms with Crippen molar-refractivity contribution in [3.63, 3.8) is 0 Å². The third-order valence-electron chi connectivity index (χ3n) is 4.05. The number of primary amides is 1. The van der Waals surface area contributed by atoms with Crippen molar-refractivity contribution in [3.05, 3.63) is 60.8 Å². The second-order valence-electron chi connectivity index (χ2n) is 6.90. The largest absolute Gasteiger partial charge is 0.372 e. The van der Waals surface area contributed by atoms with E-state index in [0.717, 1.165) is 51.4 Å². The second-order valence-corrected chi connectivity index (χ2v) is 6.90. The number of rotatable bonds is 19. The first-order chi connectivity index (χ1) is 15.2. The van der Waals surface area contributed by atoms with Crippen LogP contribution in [-0.2, 0) is 9.53 Å². The molecule has 0 saturated heterocycles. The zero-order valence-corrected chi connectivity index (χ0v) is 19.1. The third-order valence-corrected chi connectivity index (χ3v) is 4.05. The number of amides is 3. The van der Waals surface area contributed by atoms with E-state index < -0.39 is 6.03 Å². The van der Waals surface area contributed by atoms with Gasteiger partial charge < -0.3 is 21.1 Å². The van der Waals surface area contributed by atoms with E-state index in [1.165, 1.54) is 0 Å². The maximum Gasteiger partial charge on any atom is 0.312 e. The quantitative estimate of drug-likeness (QED) is 0.204. The predicted octanol–water partition coefficient (Wildman–Crippen LogP) is 4.71. The summed E-state index contributed by atoms with van der Waals surface area (Å²) in [6, 6.07) is -0.599. The van der Waals surface area contributed by atoms with E-state index in [-0.39, 0.29) is 12.5 Å². The summed E-state index contributed by atoms with van der Waals surface area (Å²) in [6.45, 7) is 3.41. The number of hydrogen-bond donors (Lipinski definition) is 3. The predicted molar refractivity (Wildman–Crippen MR) is 130 cm³/mol. The molecule has 0 fully saturated rings. The Bertz CT molecular complexity index is 593. The summed E-state index contributed by atoms with van der Waals surface area (Å²) in [4.78, 5) is 21.9. The zero-order chi connectivity index (χ0) is 22.8. The molecule has 31 heavy (non-hydrogen) atoms. The first-order valence-electron chi connectivity index (χ1n) is 11.3. The number of nitrogens with two attached hydrogens (primary N) is 1. The van der Waals surface area contributed by atoms with Crippen LogP contribution in [0.15, 0.2) is 60.8 Å². The Morgan fingerprint density at radius 2 is 1.26 bits per heavy atom.